The van der Waals surface area contributed by atoms with E-state index in [-0.39, 0.29) is 0 Å². The molecule has 7 heterocycles. The van der Waals surface area contributed by atoms with Crippen LogP contribution in [0.15, 0.2) is 183 Å². The highest BCUT2D eigenvalue weighted by Gasteiger charge is 2.23. The van der Waals surface area contributed by atoms with Crippen LogP contribution in [-0.2, 0) is 0 Å². The Morgan fingerprint density at radius 3 is 1.27 bits per heavy atom. The Labute approximate surface area is 343 Å². The first-order chi connectivity index (χ1) is 29.2. The molecule has 0 aliphatic rings. The summed E-state index contributed by atoms with van der Waals surface area (Å²) in [6.45, 7) is 0. The van der Waals surface area contributed by atoms with Gasteiger partial charge in [-0.1, -0.05) is 72.8 Å². The Hall–Kier alpha value is -7.46. The van der Waals surface area contributed by atoms with Gasteiger partial charge in [-0.25, -0.2) is 0 Å². The van der Waals surface area contributed by atoms with E-state index in [9.17, 15) is 0 Å². The normalized spacial score (nSPS) is 12.1. The number of hydrogen-bond donors (Lipinski definition) is 0. The molecule has 7 nitrogen and oxygen atoms in total. The lowest BCUT2D eigenvalue weighted by molar-refractivity contribution is 0.640. The predicted octanol–water partition coefficient (Wildman–Crippen LogP) is 15.5. The summed E-state index contributed by atoms with van der Waals surface area (Å²) in [4.78, 5) is 14.8. The largest absolute Gasteiger partial charge is 0.456 e. The molecule has 0 aliphatic carbocycles. The maximum Gasteiger partial charge on any atom is 0.231 e. The summed E-state index contributed by atoms with van der Waals surface area (Å²) in [6, 6.07) is 58.7. The quantitative estimate of drug-likeness (QED) is 0.166. The van der Waals surface area contributed by atoms with E-state index in [0.717, 1.165) is 87.7 Å². The lowest BCUT2D eigenvalue weighted by Crippen LogP contribution is -2.10. The number of aromatic nitrogens is 2. The van der Waals surface area contributed by atoms with Gasteiger partial charge in [0.2, 0.25) is 11.4 Å². The summed E-state index contributed by atoms with van der Waals surface area (Å²) in [7, 11) is 0. The van der Waals surface area contributed by atoms with Gasteiger partial charge in [0.05, 0.1) is 22.1 Å². The highest BCUT2D eigenvalue weighted by atomic mass is 32.1. The van der Waals surface area contributed by atoms with E-state index in [1.54, 1.807) is 22.7 Å². The fourth-order valence-electron chi connectivity index (χ4n) is 8.38. The molecule has 0 aliphatic heterocycles. The minimum atomic E-state index is 0.509. The molecule has 0 unspecified atom stereocenters. The predicted molar refractivity (Wildman–Crippen MR) is 244 cm³/mol. The Morgan fingerprint density at radius 2 is 0.780 bits per heavy atom. The molecular formula is C50H28N4O3S2. The fraction of sp³-hybridized carbons (Fsp3) is 0. The molecule has 0 bridgehead atoms. The Kier molecular flexibility index (Phi) is 6.92. The Morgan fingerprint density at radius 1 is 0.356 bits per heavy atom. The van der Waals surface area contributed by atoms with E-state index in [1.165, 1.54) is 20.2 Å². The van der Waals surface area contributed by atoms with Crippen LogP contribution >= 0.6 is 22.7 Å². The van der Waals surface area contributed by atoms with E-state index in [1.807, 2.05) is 36.4 Å². The van der Waals surface area contributed by atoms with E-state index in [4.69, 9.17) is 23.2 Å². The van der Waals surface area contributed by atoms with Crippen molar-refractivity contribution in [2.24, 2.45) is 0 Å². The van der Waals surface area contributed by atoms with Crippen LogP contribution in [0.2, 0.25) is 0 Å². The summed E-state index contributed by atoms with van der Waals surface area (Å²) >= 11 is 3.44. The monoisotopic (exact) mass is 796 g/mol. The first kappa shape index (κ1) is 32.6. The molecule has 13 rings (SSSR count). The van der Waals surface area contributed by atoms with Gasteiger partial charge in [0.15, 0.2) is 0 Å². The molecule has 0 saturated heterocycles. The summed E-state index contributed by atoms with van der Waals surface area (Å²) < 4.78 is 21.7. The number of anilines is 6. The SMILES string of the molecule is c1ccc2sc(N(c3ccc4c(c3)oc3ccccc34)c3ccc4c(n3)oc3nc(N(c5ccc6c(c5)oc5ccccc56)c5cc6ccccc6s5)ccc34)cc2c1. The number of thiophene rings is 2. The van der Waals surface area contributed by atoms with Gasteiger partial charge in [0, 0.05) is 43.1 Å². The third kappa shape index (κ3) is 5.12. The zero-order chi connectivity index (χ0) is 38.6. The van der Waals surface area contributed by atoms with Crippen LogP contribution in [0.1, 0.15) is 0 Å². The van der Waals surface area contributed by atoms with Gasteiger partial charge >= 0.3 is 0 Å². The van der Waals surface area contributed by atoms with Gasteiger partial charge < -0.3 is 13.3 Å². The number of furan rings is 3. The van der Waals surface area contributed by atoms with Crippen molar-refractivity contribution in [2.45, 2.75) is 0 Å². The van der Waals surface area contributed by atoms with Crippen LogP contribution in [0.25, 0.3) is 86.2 Å². The molecule has 6 aromatic carbocycles. The summed E-state index contributed by atoms with van der Waals surface area (Å²) in [5.74, 6) is 1.45. The van der Waals surface area contributed by atoms with Crippen LogP contribution in [0.3, 0.4) is 0 Å². The highest BCUT2D eigenvalue weighted by molar-refractivity contribution is 7.23. The third-order valence-electron chi connectivity index (χ3n) is 11.1. The van der Waals surface area contributed by atoms with Crippen LogP contribution in [0, 0.1) is 0 Å². The van der Waals surface area contributed by atoms with Crippen molar-refractivity contribution in [3.63, 3.8) is 0 Å². The number of fused-ring (bicyclic) bond motifs is 11. The maximum atomic E-state index is 6.61. The van der Waals surface area contributed by atoms with Gasteiger partial charge in [-0.3, -0.25) is 9.80 Å². The number of nitrogens with zero attached hydrogens (tertiary/aromatic N) is 4. The third-order valence-corrected chi connectivity index (χ3v) is 13.3. The second-order valence-corrected chi connectivity index (χ2v) is 16.7. The van der Waals surface area contributed by atoms with Crippen LogP contribution in [0.4, 0.5) is 33.0 Å². The smallest absolute Gasteiger partial charge is 0.231 e. The average molecular weight is 797 g/mol. The zero-order valence-electron chi connectivity index (χ0n) is 31.0. The minimum Gasteiger partial charge on any atom is -0.456 e. The van der Waals surface area contributed by atoms with Crippen LogP contribution < -0.4 is 9.80 Å². The van der Waals surface area contributed by atoms with Gasteiger partial charge in [-0.2, -0.15) is 9.97 Å². The molecule has 0 radical (unpaired) electrons. The molecule has 0 atom stereocenters. The van der Waals surface area contributed by atoms with Crippen molar-refractivity contribution in [2.75, 3.05) is 9.80 Å². The second kappa shape index (κ2) is 12.5. The first-order valence-electron chi connectivity index (χ1n) is 19.3. The van der Waals surface area contributed by atoms with Crippen molar-refractivity contribution in [1.82, 2.24) is 9.97 Å². The topological polar surface area (TPSA) is 71.7 Å². The van der Waals surface area contributed by atoms with Crippen molar-refractivity contribution < 1.29 is 13.3 Å². The number of rotatable bonds is 6. The molecule has 13 aromatic rings. The van der Waals surface area contributed by atoms with Gasteiger partial charge in [0.1, 0.15) is 44.0 Å². The highest BCUT2D eigenvalue weighted by Crippen LogP contribution is 2.46. The molecule has 0 saturated carbocycles. The lowest BCUT2D eigenvalue weighted by Gasteiger charge is -2.22. The Bertz CT molecular complexity index is 3480. The van der Waals surface area contributed by atoms with Crippen molar-refractivity contribution >= 4 is 142 Å². The second-order valence-electron chi connectivity index (χ2n) is 14.6. The number of pyridine rings is 2. The lowest BCUT2D eigenvalue weighted by atomic mass is 10.1. The van der Waals surface area contributed by atoms with E-state index in [0.29, 0.717) is 11.4 Å². The van der Waals surface area contributed by atoms with Crippen molar-refractivity contribution in [1.29, 1.82) is 0 Å². The number of hydrogen-bond acceptors (Lipinski definition) is 9. The van der Waals surface area contributed by atoms with Gasteiger partial charge in [0.25, 0.3) is 0 Å². The molecule has 7 aromatic heterocycles. The molecule has 0 fully saturated rings. The first-order valence-corrected chi connectivity index (χ1v) is 20.9. The zero-order valence-corrected chi connectivity index (χ0v) is 32.6. The van der Waals surface area contributed by atoms with Crippen LogP contribution in [0.5, 0.6) is 0 Å². The summed E-state index contributed by atoms with van der Waals surface area (Å²) in [6.07, 6.45) is 0. The maximum absolute atomic E-state index is 6.61. The van der Waals surface area contributed by atoms with Crippen molar-refractivity contribution in [3.8, 4) is 0 Å². The molecule has 0 spiro atoms. The number of para-hydroxylation sites is 2. The van der Waals surface area contributed by atoms with E-state index < -0.39 is 0 Å². The van der Waals surface area contributed by atoms with E-state index >= 15 is 0 Å². The Balaban J connectivity index is 0.959. The van der Waals surface area contributed by atoms with Crippen LogP contribution in [-0.4, -0.2) is 9.97 Å². The van der Waals surface area contributed by atoms with Crippen molar-refractivity contribution in [3.05, 3.63) is 170 Å². The van der Waals surface area contributed by atoms with E-state index in [2.05, 4.69) is 143 Å². The standard InChI is InChI=1S/C50H28N4O3S2/c1-7-15-43-29(9-1)25-47(58-43)53(31-17-19-35-33-11-3-5-13-39(33)55-41(35)27-31)45-23-21-37-38-22-24-46(52-50(38)57-49(37)51-45)54(48-26-30-10-2-8-16-44(30)59-48)32-18-20-36-34-12-4-6-14-40(34)56-42(36)28-32/h1-28H. The average Bonchev–Trinajstić information content (AvgIpc) is 4.10. The molecular weight excluding hydrogens is 769 g/mol. The summed E-state index contributed by atoms with van der Waals surface area (Å²) in [5, 5.41) is 10.5. The minimum absolute atomic E-state index is 0.509. The molecule has 9 heteroatoms. The molecule has 278 valence electrons. The van der Waals surface area contributed by atoms with Gasteiger partial charge in [-0.05, 0) is 95.7 Å². The molecule has 0 N–H and O–H groups in total. The summed E-state index contributed by atoms with van der Waals surface area (Å²) in [5.41, 5.74) is 6.26. The molecule has 0 amide bonds. The number of benzene rings is 6. The molecule has 59 heavy (non-hydrogen) atoms. The fourth-order valence-corrected chi connectivity index (χ4v) is 10.6. The van der Waals surface area contributed by atoms with Gasteiger partial charge in [-0.15, -0.1) is 22.7 Å².